The van der Waals surface area contributed by atoms with Gasteiger partial charge >= 0.3 is 0 Å². The Morgan fingerprint density at radius 2 is 1.75 bits per heavy atom. The van der Waals surface area contributed by atoms with Crippen molar-refractivity contribution in [2.45, 2.75) is 39.5 Å². The Balaban J connectivity index is 0.00000225. The molecule has 1 saturated carbocycles. The van der Waals surface area contributed by atoms with Gasteiger partial charge in [0.25, 0.3) is 0 Å². The molecule has 1 fully saturated rings. The zero-order chi connectivity index (χ0) is 18.8. The zero-order valence-corrected chi connectivity index (χ0v) is 18.4. The highest BCUT2D eigenvalue weighted by molar-refractivity contribution is 7.07. The van der Waals surface area contributed by atoms with Crippen LogP contribution in [0.5, 0.6) is 0 Å². The summed E-state index contributed by atoms with van der Waals surface area (Å²) in [5.41, 5.74) is 5.75. The van der Waals surface area contributed by atoms with Crippen LogP contribution in [0.1, 0.15) is 36.8 Å². The first-order chi connectivity index (χ1) is 13.1. The lowest BCUT2D eigenvalue weighted by molar-refractivity contribution is -0.00000614. The van der Waals surface area contributed by atoms with Gasteiger partial charge in [0.1, 0.15) is 5.82 Å². The fourth-order valence-corrected chi connectivity index (χ4v) is 4.15. The predicted octanol–water partition coefficient (Wildman–Crippen LogP) is 2.99. The van der Waals surface area contributed by atoms with Gasteiger partial charge in [-0.2, -0.15) is 5.10 Å². The van der Waals surface area contributed by atoms with Crippen LogP contribution in [0.25, 0.3) is 11.3 Å². The van der Waals surface area contributed by atoms with E-state index < -0.39 is 0 Å². The van der Waals surface area contributed by atoms with Gasteiger partial charge in [0.2, 0.25) is 4.80 Å². The van der Waals surface area contributed by atoms with Crippen molar-refractivity contribution in [2.75, 3.05) is 0 Å². The largest absolute Gasteiger partial charge is 1.00 e. The van der Waals surface area contributed by atoms with E-state index in [9.17, 15) is 4.39 Å². The van der Waals surface area contributed by atoms with E-state index in [-0.39, 0.29) is 22.8 Å². The van der Waals surface area contributed by atoms with Gasteiger partial charge in [0.15, 0.2) is 0 Å². The molecule has 0 radical (unpaired) electrons. The quantitative estimate of drug-likeness (QED) is 0.577. The number of hydrogen-bond acceptors (Lipinski definition) is 3. The van der Waals surface area contributed by atoms with Crippen molar-refractivity contribution in [1.82, 2.24) is 4.68 Å². The maximum absolute atomic E-state index is 14.4. The molecule has 4 rings (SSSR count). The third-order valence-corrected chi connectivity index (χ3v) is 5.87. The molecule has 28 heavy (non-hydrogen) atoms. The molecule has 6 heteroatoms. The van der Waals surface area contributed by atoms with Crippen LogP contribution in [-0.4, -0.2) is 10.4 Å². The van der Waals surface area contributed by atoms with Crippen LogP contribution in [0.15, 0.2) is 57.9 Å². The summed E-state index contributed by atoms with van der Waals surface area (Å²) in [6.45, 7) is 4.16. The SMILES string of the molecule is Cc1cccc(N=c2scc(-c3ccccc3F)n2N=C2CCCC2)c1C.[Br-]. The van der Waals surface area contributed by atoms with Crippen molar-refractivity contribution >= 4 is 22.7 Å². The minimum Gasteiger partial charge on any atom is -1.00 e. The summed E-state index contributed by atoms with van der Waals surface area (Å²) in [6.07, 6.45) is 4.34. The first-order valence-electron chi connectivity index (χ1n) is 9.26. The van der Waals surface area contributed by atoms with Crippen molar-refractivity contribution in [3.05, 3.63) is 69.6 Å². The molecule has 0 atom stereocenters. The van der Waals surface area contributed by atoms with E-state index in [0.29, 0.717) is 5.56 Å². The van der Waals surface area contributed by atoms with Crippen LogP contribution < -0.4 is 21.8 Å². The Morgan fingerprint density at radius 1 is 1.00 bits per heavy atom. The molecule has 3 nitrogen and oxygen atoms in total. The van der Waals surface area contributed by atoms with Crippen LogP contribution in [0.2, 0.25) is 0 Å². The van der Waals surface area contributed by atoms with Gasteiger partial charge in [0.05, 0.1) is 11.4 Å². The lowest BCUT2D eigenvalue weighted by Crippen LogP contribution is -3.00. The predicted molar refractivity (Wildman–Crippen MR) is 110 cm³/mol. The summed E-state index contributed by atoms with van der Waals surface area (Å²) in [5.74, 6) is -0.242. The van der Waals surface area contributed by atoms with Crippen molar-refractivity contribution < 1.29 is 21.4 Å². The number of aromatic nitrogens is 1. The molecule has 0 saturated heterocycles. The number of halogens is 2. The lowest BCUT2D eigenvalue weighted by atomic mass is 10.1. The minimum absolute atomic E-state index is 0. The Labute approximate surface area is 179 Å². The Morgan fingerprint density at radius 3 is 2.50 bits per heavy atom. The molecule has 1 heterocycles. The van der Waals surface area contributed by atoms with Crippen LogP contribution in [0.3, 0.4) is 0 Å². The molecule has 0 aliphatic heterocycles. The topological polar surface area (TPSA) is 29.6 Å². The maximum Gasteiger partial charge on any atom is 0.211 e. The van der Waals surface area contributed by atoms with E-state index >= 15 is 0 Å². The second-order valence-corrected chi connectivity index (χ2v) is 7.74. The van der Waals surface area contributed by atoms with E-state index in [0.717, 1.165) is 40.3 Å². The third kappa shape index (κ3) is 4.18. The number of thiazole rings is 1. The molecule has 0 amide bonds. The summed E-state index contributed by atoms with van der Waals surface area (Å²) in [5, 5.41) is 6.81. The Kier molecular flexibility index (Phi) is 6.62. The first-order valence-corrected chi connectivity index (χ1v) is 10.1. The summed E-state index contributed by atoms with van der Waals surface area (Å²) < 4.78 is 16.3. The van der Waals surface area contributed by atoms with Gasteiger partial charge in [-0.25, -0.2) is 14.1 Å². The number of nitrogens with zero attached hydrogens (tertiary/aromatic N) is 3. The third-order valence-electron chi connectivity index (χ3n) is 5.05. The minimum atomic E-state index is -0.242. The van der Waals surface area contributed by atoms with Gasteiger partial charge in [-0.05, 0) is 68.9 Å². The van der Waals surface area contributed by atoms with E-state index in [1.165, 1.54) is 35.8 Å². The Hall–Kier alpha value is -2.05. The van der Waals surface area contributed by atoms with Crippen molar-refractivity contribution in [3.8, 4) is 11.3 Å². The Bertz CT molecular complexity index is 1070. The molecule has 0 bridgehead atoms. The first kappa shape index (κ1) is 20.7. The van der Waals surface area contributed by atoms with E-state index in [2.05, 4.69) is 19.9 Å². The smallest absolute Gasteiger partial charge is 0.211 e. The number of rotatable bonds is 3. The van der Waals surface area contributed by atoms with Gasteiger partial charge in [-0.15, -0.1) is 11.3 Å². The fourth-order valence-electron chi connectivity index (χ4n) is 3.31. The highest BCUT2D eigenvalue weighted by Crippen LogP contribution is 2.26. The number of benzene rings is 2. The highest BCUT2D eigenvalue weighted by atomic mass is 79.9. The number of aryl methyl sites for hydroxylation is 1. The lowest BCUT2D eigenvalue weighted by Gasteiger charge is -2.07. The van der Waals surface area contributed by atoms with Crippen LogP contribution >= 0.6 is 11.3 Å². The van der Waals surface area contributed by atoms with Crippen LogP contribution in [-0.2, 0) is 0 Å². The van der Waals surface area contributed by atoms with Gasteiger partial charge in [-0.3, -0.25) is 0 Å². The normalized spacial score (nSPS) is 14.2. The van der Waals surface area contributed by atoms with Gasteiger partial charge in [0, 0.05) is 16.7 Å². The molecule has 0 spiro atoms. The van der Waals surface area contributed by atoms with E-state index in [4.69, 9.17) is 10.1 Å². The average molecular weight is 459 g/mol. The van der Waals surface area contributed by atoms with Crippen LogP contribution in [0.4, 0.5) is 10.1 Å². The molecule has 0 unspecified atom stereocenters. The fraction of sp³-hybridized carbons (Fsp3) is 0.273. The van der Waals surface area contributed by atoms with Crippen molar-refractivity contribution in [3.63, 3.8) is 0 Å². The molecule has 2 aromatic carbocycles. The number of hydrogen-bond donors (Lipinski definition) is 0. The molecule has 146 valence electrons. The highest BCUT2D eigenvalue weighted by Gasteiger charge is 2.15. The van der Waals surface area contributed by atoms with E-state index in [1.54, 1.807) is 12.1 Å². The van der Waals surface area contributed by atoms with Gasteiger partial charge < -0.3 is 17.0 Å². The molecule has 0 N–H and O–H groups in total. The molecule has 1 aliphatic carbocycles. The van der Waals surface area contributed by atoms with Gasteiger partial charge in [-0.1, -0.05) is 24.3 Å². The summed E-state index contributed by atoms with van der Waals surface area (Å²) in [6, 6.07) is 13.0. The van der Waals surface area contributed by atoms with Crippen molar-refractivity contribution in [2.24, 2.45) is 10.1 Å². The standard InChI is InChI=1S/C22H22FN3S.BrH/c1-15-8-7-13-20(16(15)2)24-22-26(25-17-9-3-4-10-17)21(14-27-22)18-11-5-6-12-19(18)23;/h5-8,11-14H,3-4,9-10H2,1-2H3;1H/p-1. The monoisotopic (exact) mass is 458 g/mol. The summed E-state index contributed by atoms with van der Waals surface area (Å²) in [7, 11) is 0. The molecular weight excluding hydrogens is 437 g/mol. The second kappa shape index (κ2) is 8.97. The van der Waals surface area contributed by atoms with Crippen LogP contribution in [0, 0.1) is 19.7 Å². The maximum atomic E-state index is 14.4. The summed E-state index contributed by atoms with van der Waals surface area (Å²) in [4.78, 5) is 5.64. The average Bonchev–Trinajstić information content (AvgIpc) is 3.31. The summed E-state index contributed by atoms with van der Waals surface area (Å²) >= 11 is 1.50. The second-order valence-electron chi connectivity index (χ2n) is 6.90. The van der Waals surface area contributed by atoms with Crippen molar-refractivity contribution in [1.29, 1.82) is 0 Å². The molecular formula is C22H22BrFN3S-. The zero-order valence-electron chi connectivity index (χ0n) is 16.0. The van der Waals surface area contributed by atoms with E-state index in [1.807, 2.05) is 28.3 Å². The molecule has 1 aliphatic rings. The molecule has 3 aromatic rings. The molecule has 1 aromatic heterocycles.